The van der Waals surface area contributed by atoms with E-state index in [0.717, 1.165) is 5.54 Å². The summed E-state index contributed by atoms with van der Waals surface area (Å²) in [4.78, 5) is 22.6. The van der Waals surface area contributed by atoms with Crippen molar-refractivity contribution >= 4 is 23.7 Å². The molecule has 0 saturated heterocycles. The van der Waals surface area contributed by atoms with Crippen LogP contribution in [0.2, 0.25) is 0 Å². The second-order valence-corrected chi connectivity index (χ2v) is 4.43. The molecule has 0 aliphatic rings. The lowest BCUT2D eigenvalue weighted by Crippen LogP contribution is -2.34. The van der Waals surface area contributed by atoms with Gasteiger partial charge in [-0.2, -0.15) is 0 Å². The van der Waals surface area contributed by atoms with Gasteiger partial charge in [-0.05, 0) is 27.7 Å². The van der Waals surface area contributed by atoms with Crippen molar-refractivity contribution < 1.29 is 19.1 Å². The SMILES string of the molecule is CCOC(=O)C(=CCl)CNC(=O)OC(C)(C)C. The zero-order valence-corrected chi connectivity index (χ0v) is 11.3. The van der Waals surface area contributed by atoms with Crippen molar-refractivity contribution in [1.82, 2.24) is 5.32 Å². The summed E-state index contributed by atoms with van der Waals surface area (Å²) in [5, 5.41) is 2.41. The highest BCUT2D eigenvalue weighted by Gasteiger charge is 2.17. The van der Waals surface area contributed by atoms with Gasteiger partial charge >= 0.3 is 12.1 Å². The van der Waals surface area contributed by atoms with Crippen LogP contribution < -0.4 is 5.32 Å². The number of rotatable bonds is 4. The molecule has 0 aromatic heterocycles. The van der Waals surface area contributed by atoms with Crippen LogP contribution in [0, 0.1) is 0 Å². The quantitative estimate of drug-likeness (QED) is 0.624. The van der Waals surface area contributed by atoms with Gasteiger partial charge in [0.2, 0.25) is 0 Å². The fourth-order valence-corrected chi connectivity index (χ4v) is 1.03. The summed E-state index contributed by atoms with van der Waals surface area (Å²) >= 11 is 5.46. The predicted octanol–water partition coefficient (Wildman–Crippen LogP) is 2.20. The fourth-order valence-electron chi connectivity index (χ4n) is 0.861. The van der Waals surface area contributed by atoms with Crippen LogP contribution >= 0.6 is 11.6 Å². The van der Waals surface area contributed by atoms with Crippen LogP contribution in [0.4, 0.5) is 4.79 Å². The lowest BCUT2D eigenvalue weighted by atomic mass is 10.2. The van der Waals surface area contributed by atoms with Crippen LogP contribution in [0.25, 0.3) is 0 Å². The molecule has 0 atom stereocenters. The summed E-state index contributed by atoms with van der Waals surface area (Å²) in [7, 11) is 0. The smallest absolute Gasteiger partial charge is 0.407 e. The average Bonchev–Trinajstić information content (AvgIpc) is 2.16. The maximum absolute atomic E-state index is 11.3. The van der Waals surface area contributed by atoms with E-state index in [9.17, 15) is 9.59 Å². The highest BCUT2D eigenvalue weighted by molar-refractivity contribution is 6.27. The van der Waals surface area contributed by atoms with E-state index in [4.69, 9.17) is 21.1 Å². The molecule has 1 amide bonds. The highest BCUT2D eigenvalue weighted by Crippen LogP contribution is 2.07. The molecular weight excluding hydrogens is 246 g/mol. The number of amides is 1. The first-order chi connectivity index (χ1) is 7.80. The van der Waals surface area contributed by atoms with Crippen molar-refractivity contribution in [3.63, 3.8) is 0 Å². The number of ether oxygens (including phenoxy) is 2. The van der Waals surface area contributed by atoms with Crippen LogP contribution in [0.15, 0.2) is 11.1 Å². The third-order valence-corrected chi connectivity index (χ3v) is 1.75. The van der Waals surface area contributed by atoms with Crippen molar-refractivity contribution in [3.05, 3.63) is 11.1 Å². The van der Waals surface area contributed by atoms with Crippen molar-refractivity contribution in [3.8, 4) is 0 Å². The van der Waals surface area contributed by atoms with Gasteiger partial charge < -0.3 is 14.8 Å². The largest absolute Gasteiger partial charge is 0.463 e. The number of alkyl carbamates (subject to hydrolysis) is 1. The van der Waals surface area contributed by atoms with Gasteiger partial charge in [-0.25, -0.2) is 9.59 Å². The van der Waals surface area contributed by atoms with E-state index in [0.29, 0.717) is 0 Å². The van der Waals surface area contributed by atoms with Gasteiger partial charge in [-0.3, -0.25) is 0 Å². The lowest BCUT2D eigenvalue weighted by Gasteiger charge is -2.19. The van der Waals surface area contributed by atoms with Gasteiger partial charge in [-0.15, -0.1) is 0 Å². The number of nitrogens with one attached hydrogen (secondary N) is 1. The van der Waals surface area contributed by atoms with E-state index in [1.807, 2.05) is 0 Å². The maximum atomic E-state index is 11.3. The van der Waals surface area contributed by atoms with Crippen molar-refractivity contribution in [1.29, 1.82) is 0 Å². The molecule has 0 radical (unpaired) electrons. The topological polar surface area (TPSA) is 64.6 Å². The molecular formula is C11H18ClNO4. The van der Waals surface area contributed by atoms with Gasteiger partial charge in [0.1, 0.15) is 5.60 Å². The Bertz CT molecular complexity index is 307. The van der Waals surface area contributed by atoms with Gasteiger partial charge in [0.15, 0.2) is 0 Å². The normalized spacial score (nSPS) is 11.9. The predicted molar refractivity (Wildman–Crippen MR) is 64.8 cm³/mol. The Balaban J connectivity index is 4.17. The summed E-state index contributed by atoms with van der Waals surface area (Å²) in [6, 6.07) is 0. The molecule has 0 aromatic carbocycles. The minimum atomic E-state index is -0.613. The maximum Gasteiger partial charge on any atom is 0.407 e. The molecule has 1 N–H and O–H groups in total. The second kappa shape index (κ2) is 7.17. The van der Waals surface area contributed by atoms with E-state index in [2.05, 4.69) is 5.32 Å². The van der Waals surface area contributed by atoms with Crippen molar-refractivity contribution in [2.45, 2.75) is 33.3 Å². The van der Waals surface area contributed by atoms with Crippen molar-refractivity contribution in [2.75, 3.05) is 13.2 Å². The molecule has 6 heteroatoms. The molecule has 5 nitrogen and oxygen atoms in total. The molecule has 0 heterocycles. The van der Waals surface area contributed by atoms with E-state index in [1.54, 1.807) is 27.7 Å². The Kier molecular flexibility index (Phi) is 6.65. The Hall–Kier alpha value is -1.23. The molecule has 0 unspecified atom stereocenters. The van der Waals surface area contributed by atoms with Crippen LogP contribution in [0.1, 0.15) is 27.7 Å². The highest BCUT2D eigenvalue weighted by atomic mass is 35.5. The van der Waals surface area contributed by atoms with E-state index in [-0.39, 0.29) is 18.7 Å². The number of carbonyl (C=O) groups excluding carboxylic acids is 2. The number of halogens is 1. The summed E-state index contributed by atoms with van der Waals surface area (Å²) in [6.07, 6.45) is -0.613. The number of hydrogen-bond acceptors (Lipinski definition) is 4. The first-order valence-electron chi connectivity index (χ1n) is 5.23. The van der Waals surface area contributed by atoms with Crippen LogP contribution in [-0.4, -0.2) is 30.8 Å². The Morgan fingerprint density at radius 3 is 2.35 bits per heavy atom. The number of carbonyl (C=O) groups is 2. The summed E-state index contributed by atoms with van der Waals surface area (Å²) in [5.74, 6) is -0.557. The molecule has 98 valence electrons. The third-order valence-electron chi connectivity index (χ3n) is 1.49. The summed E-state index contributed by atoms with van der Waals surface area (Å²) in [5.41, 5.74) is 0.660. The zero-order valence-electron chi connectivity index (χ0n) is 10.5. The van der Waals surface area contributed by atoms with Crippen LogP contribution in [0.5, 0.6) is 0 Å². The van der Waals surface area contributed by atoms with Gasteiger partial charge in [0, 0.05) is 5.54 Å². The van der Waals surface area contributed by atoms with Gasteiger partial charge in [0.05, 0.1) is 18.7 Å². The monoisotopic (exact) mass is 263 g/mol. The molecule has 0 aromatic rings. The Morgan fingerprint density at radius 1 is 1.35 bits per heavy atom. The van der Waals surface area contributed by atoms with Crippen LogP contribution in [0.3, 0.4) is 0 Å². The number of esters is 1. The lowest BCUT2D eigenvalue weighted by molar-refractivity contribution is -0.138. The molecule has 0 saturated carbocycles. The van der Waals surface area contributed by atoms with Gasteiger partial charge in [-0.1, -0.05) is 11.6 Å². The summed E-state index contributed by atoms with van der Waals surface area (Å²) < 4.78 is 9.74. The second-order valence-electron chi connectivity index (χ2n) is 4.21. The molecule has 0 rings (SSSR count). The minimum absolute atomic E-state index is 0.0305. The molecule has 17 heavy (non-hydrogen) atoms. The Morgan fingerprint density at radius 2 is 1.94 bits per heavy atom. The Labute approximate surface area is 106 Å². The zero-order chi connectivity index (χ0) is 13.5. The van der Waals surface area contributed by atoms with Crippen molar-refractivity contribution in [2.24, 2.45) is 0 Å². The first kappa shape index (κ1) is 15.8. The molecule has 0 aliphatic heterocycles. The van der Waals surface area contributed by atoms with E-state index >= 15 is 0 Å². The minimum Gasteiger partial charge on any atom is -0.463 e. The van der Waals surface area contributed by atoms with Crippen LogP contribution in [-0.2, 0) is 14.3 Å². The average molecular weight is 264 g/mol. The van der Waals surface area contributed by atoms with Gasteiger partial charge in [0.25, 0.3) is 0 Å². The first-order valence-corrected chi connectivity index (χ1v) is 5.67. The van der Waals surface area contributed by atoms with E-state index in [1.165, 1.54) is 0 Å². The number of hydrogen-bond donors (Lipinski definition) is 1. The molecule has 0 fully saturated rings. The van der Waals surface area contributed by atoms with E-state index < -0.39 is 17.7 Å². The molecule has 0 spiro atoms. The third kappa shape index (κ3) is 7.63. The molecule has 0 aliphatic carbocycles. The standard InChI is InChI=1S/C11H18ClNO4/c1-5-16-9(14)8(6-12)7-13-10(15)17-11(2,3)4/h6H,5,7H2,1-4H3,(H,13,15). The molecule has 0 bridgehead atoms. The fraction of sp³-hybridized carbons (Fsp3) is 0.636. The summed E-state index contributed by atoms with van der Waals surface area (Å²) in [6.45, 7) is 7.14.